The number of benzene rings is 2. The topological polar surface area (TPSA) is 81.4 Å². The molecule has 0 atom stereocenters. The lowest BCUT2D eigenvalue weighted by molar-refractivity contribution is -0.119. The molecular formula is C15H11F3N2O3. The Bertz CT molecular complexity index is 766. The van der Waals surface area contributed by atoms with E-state index < -0.39 is 41.6 Å². The molecule has 3 N–H and O–H groups in total. The van der Waals surface area contributed by atoms with Gasteiger partial charge in [-0.2, -0.15) is 0 Å². The molecule has 0 radical (unpaired) electrons. The largest absolute Gasteiger partial charge is 0.483 e. The van der Waals surface area contributed by atoms with Crippen LogP contribution in [0.4, 0.5) is 18.9 Å². The number of carbonyl (C=O) groups excluding carboxylic acids is 2. The average molecular weight is 324 g/mol. The van der Waals surface area contributed by atoms with Gasteiger partial charge < -0.3 is 15.8 Å². The van der Waals surface area contributed by atoms with Gasteiger partial charge in [-0.1, -0.05) is 12.1 Å². The van der Waals surface area contributed by atoms with Gasteiger partial charge in [-0.15, -0.1) is 0 Å². The van der Waals surface area contributed by atoms with Gasteiger partial charge in [0.2, 0.25) is 0 Å². The van der Waals surface area contributed by atoms with E-state index in [0.29, 0.717) is 6.07 Å². The fourth-order valence-corrected chi connectivity index (χ4v) is 1.74. The summed E-state index contributed by atoms with van der Waals surface area (Å²) in [4.78, 5) is 22.9. The Labute approximate surface area is 128 Å². The molecule has 0 saturated heterocycles. The van der Waals surface area contributed by atoms with E-state index in [1.165, 1.54) is 18.2 Å². The van der Waals surface area contributed by atoms with E-state index in [9.17, 15) is 22.8 Å². The summed E-state index contributed by atoms with van der Waals surface area (Å²) in [7, 11) is 0. The highest BCUT2D eigenvalue weighted by Crippen LogP contribution is 2.23. The lowest BCUT2D eigenvalue weighted by Crippen LogP contribution is -2.21. The summed E-state index contributed by atoms with van der Waals surface area (Å²) in [6, 6.07) is 7.38. The molecule has 23 heavy (non-hydrogen) atoms. The molecule has 0 unspecified atom stereocenters. The Hall–Kier alpha value is -3.03. The van der Waals surface area contributed by atoms with Gasteiger partial charge in [-0.05, 0) is 24.3 Å². The van der Waals surface area contributed by atoms with Gasteiger partial charge in [-0.25, -0.2) is 13.2 Å². The highest BCUT2D eigenvalue weighted by Gasteiger charge is 2.18. The smallest absolute Gasteiger partial charge is 0.259 e. The second-order valence-electron chi connectivity index (χ2n) is 4.43. The number of primary amides is 1. The van der Waals surface area contributed by atoms with Crippen molar-refractivity contribution in [3.63, 3.8) is 0 Å². The van der Waals surface area contributed by atoms with Crippen LogP contribution in [0.25, 0.3) is 0 Å². The van der Waals surface area contributed by atoms with Crippen molar-refractivity contribution in [2.45, 2.75) is 0 Å². The predicted molar refractivity (Wildman–Crippen MR) is 75.4 cm³/mol. The van der Waals surface area contributed by atoms with E-state index in [2.05, 4.69) is 5.32 Å². The molecule has 5 nitrogen and oxygen atoms in total. The maximum Gasteiger partial charge on any atom is 0.259 e. The Balaban J connectivity index is 2.25. The lowest BCUT2D eigenvalue weighted by Gasteiger charge is -2.11. The number of nitrogens with two attached hydrogens (primary N) is 1. The van der Waals surface area contributed by atoms with Crippen LogP contribution in [0, 0.1) is 17.5 Å². The molecule has 0 saturated carbocycles. The number of hydrogen-bond donors (Lipinski definition) is 2. The highest BCUT2D eigenvalue weighted by molar-refractivity contribution is 6.06. The molecule has 0 spiro atoms. The second-order valence-corrected chi connectivity index (χ2v) is 4.43. The third-order valence-electron chi connectivity index (χ3n) is 2.79. The molecular weight excluding hydrogens is 313 g/mol. The van der Waals surface area contributed by atoms with Crippen molar-refractivity contribution in [1.29, 1.82) is 0 Å². The molecule has 0 fully saturated rings. The third-order valence-corrected chi connectivity index (χ3v) is 2.79. The van der Waals surface area contributed by atoms with Crippen LogP contribution >= 0.6 is 0 Å². The first-order valence-electron chi connectivity index (χ1n) is 6.35. The lowest BCUT2D eigenvalue weighted by atomic mass is 10.1. The summed E-state index contributed by atoms with van der Waals surface area (Å²) in [5.41, 5.74) is 4.39. The first kappa shape index (κ1) is 16.3. The van der Waals surface area contributed by atoms with Crippen LogP contribution in [0.15, 0.2) is 36.4 Å². The summed E-state index contributed by atoms with van der Waals surface area (Å²) in [5.74, 6) is -6.12. The van der Waals surface area contributed by atoms with Gasteiger partial charge >= 0.3 is 0 Å². The Kier molecular flexibility index (Phi) is 4.85. The van der Waals surface area contributed by atoms with Crippen molar-refractivity contribution < 1.29 is 27.5 Å². The molecule has 0 bridgehead atoms. The Morgan fingerprint density at radius 1 is 1.04 bits per heavy atom. The molecule has 2 aromatic rings. The molecule has 0 aliphatic heterocycles. The molecule has 2 rings (SSSR count). The van der Waals surface area contributed by atoms with E-state index in [1.54, 1.807) is 6.07 Å². The number of hydrogen-bond acceptors (Lipinski definition) is 3. The second kappa shape index (κ2) is 6.82. The number of ether oxygens (including phenoxy) is 1. The molecule has 120 valence electrons. The van der Waals surface area contributed by atoms with Gasteiger partial charge in [0.05, 0.1) is 11.3 Å². The van der Waals surface area contributed by atoms with Gasteiger partial charge in [-0.3, -0.25) is 9.59 Å². The van der Waals surface area contributed by atoms with Crippen LogP contribution in [0.3, 0.4) is 0 Å². The van der Waals surface area contributed by atoms with Crippen LogP contribution in [-0.4, -0.2) is 18.4 Å². The third kappa shape index (κ3) is 3.79. The summed E-state index contributed by atoms with van der Waals surface area (Å²) in [6.07, 6.45) is 0. The van der Waals surface area contributed by atoms with Gasteiger partial charge in [0.1, 0.15) is 5.75 Å². The van der Waals surface area contributed by atoms with Gasteiger partial charge in [0.25, 0.3) is 11.8 Å². The van der Waals surface area contributed by atoms with E-state index in [-0.39, 0.29) is 11.3 Å². The molecule has 0 aromatic heterocycles. The number of carbonyl (C=O) groups is 2. The predicted octanol–water partition coefficient (Wildman–Crippen LogP) is 2.22. The quantitative estimate of drug-likeness (QED) is 0.828. The molecule has 0 aliphatic carbocycles. The number of nitrogens with one attached hydrogen (secondary N) is 1. The van der Waals surface area contributed by atoms with Crippen LogP contribution in [0.5, 0.6) is 5.75 Å². The Morgan fingerprint density at radius 2 is 1.74 bits per heavy atom. The van der Waals surface area contributed by atoms with E-state index in [4.69, 9.17) is 10.5 Å². The average Bonchev–Trinajstić information content (AvgIpc) is 2.53. The van der Waals surface area contributed by atoms with E-state index >= 15 is 0 Å². The minimum absolute atomic E-state index is 0.0297. The number of para-hydroxylation sites is 1. The maximum atomic E-state index is 13.6. The number of halogens is 3. The molecule has 2 amide bonds. The number of rotatable bonds is 5. The monoisotopic (exact) mass is 324 g/mol. The summed E-state index contributed by atoms with van der Waals surface area (Å²) in [5, 5.41) is 2.11. The normalized spacial score (nSPS) is 10.2. The molecule has 0 aliphatic rings. The number of amides is 2. The maximum absolute atomic E-state index is 13.6. The summed E-state index contributed by atoms with van der Waals surface area (Å²) >= 11 is 0. The van der Waals surface area contributed by atoms with Crippen molar-refractivity contribution in [2.24, 2.45) is 5.73 Å². The standard InChI is InChI=1S/C15H11F3N2O3/c16-9-5-6-10(14(18)13(9)17)20-15(22)8-3-1-2-4-11(8)23-7-12(19)21/h1-6H,7H2,(H2,19,21)(H,20,22). The first-order chi connectivity index (χ1) is 10.9. The molecule has 0 heterocycles. The summed E-state index contributed by atoms with van der Waals surface area (Å²) < 4.78 is 44.7. The molecule has 8 heteroatoms. The molecule has 2 aromatic carbocycles. The Morgan fingerprint density at radius 3 is 2.43 bits per heavy atom. The van der Waals surface area contributed by atoms with Crippen molar-refractivity contribution >= 4 is 17.5 Å². The van der Waals surface area contributed by atoms with Crippen LogP contribution in [0.2, 0.25) is 0 Å². The van der Waals surface area contributed by atoms with Crippen LogP contribution in [-0.2, 0) is 4.79 Å². The highest BCUT2D eigenvalue weighted by atomic mass is 19.2. The van der Waals surface area contributed by atoms with Gasteiger partial charge in [0, 0.05) is 0 Å². The van der Waals surface area contributed by atoms with Crippen LogP contribution in [0.1, 0.15) is 10.4 Å². The number of anilines is 1. The minimum Gasteiger partial charge on any atom is -0.483 e. The minimum atomic E-state index is -1.69. The van der Waals surface area contributed by atoms with Crippen molar-refractivity contribution in [3.05, 3.63) is 59.4 Å². The van der Waals surface area contributed by atoms with Gasteiger partial charge in [0.15, 0.2) is 24.1 Å². The summed E-state index contributed by atoms with van der Waals surface area (Å²) in [6.45, 7) is -0.455. The van der Waals surface area contributed by atoms with E-state index in [0.717, 1.165) is 6.07 Å². The first-order valence-corrected chi connectivity index (χ1v) is 6.35. The van der Waals surface area contributed by atoms with Crippen molar-refractivity contribution in [1.82, 2.24) is 0 Å². The fraction of sp³-hybridized carbons (Fsp3) is 0.0667. The SMILES string of the molecule is NC(=O)COc1ccccc1C(=O)Nc1ccc(F)c(F)c1F. The van der Waals surface area contributed by atoms with Crippen molar-refractivity contribution in [3.8, 4) is 5.75 Å². The van der Waals surface area contributed by atoms with Crippen LogP contribution < -0.4 is 15.8 Å². The van der Waals surface area contributed by atoms with E-state index in [1.807, 2.05) is 0 Å². The fourth-order valence-electron chi connectivity index (χ4n) is 1.74. The zero-order chi connectivity index (χ0) is 17.0. The zero-order valence-electron chi connectivity index (χ0n) is 11.6. The van der Waals surface area contributed by atoms with Crippen molar-refractivity contribution in [2.75, 3.05) is 11.9 Å². The zero-order valence-corrected chi connectivity index (χ0v) is 11.6.